The van der Waals surface area contributed by atoms with Gasteiger partial charge in [0.2, 0.25) is 0 Å². The van der Waals surface area contributed by atoms with Gasteiger partial charge in [0.05, 0.1) is 19.3 Å². The Kier molecular flexibility index (Phi) is 12.0. The van der Waals surface area contributed by atoms with Crippen molar-refractivity contribution in [2.45, 2.75) is 96.2 Å². The zero-order chi connectivity index (χ0) is 17.5. The highest BCUT2D eigenvalue weighted by atomic mass is 16.6. The largest absolute Gasteiger partial charge is 0.484 e. The maximum Gasteiger partial charge on any atom is 0.180 e. The Morgan fingerprint density at radius 2 is 1.46 bits per heavy atom. The number of epoxide rings is 1. The quantitative estimate of drug-likeness (QED) is 0.188. The molecule has 2 unspecified atom stereocenters. The standard InChI is InChI=1S/C21H33NO2/c1-3-19-20(24-19)17-15-13-11-9-7-5-4-6-8-10-12-14-16-18-21(22)23-2/h19-20,22H,3-9,11,14,16-18H2,1-2H3. The van der Waals surface area contributed by atoms with Crippen molar-refractivity contribution >= 4 is 5.90 Å². The first kappa shape index (κ1) is 20.6. The van der Waals surface area contributed by atoms with Crippen LogP contribution in [0.2, 0.25) is 0 Å². The fraction of sp³-hybridized carbons (Fsp3) is 0.762. The molecule has 1 aliphatic heterocycles. The normalized spacial score (nSPS) is 18.1. The van der Waals surface area contributed by atoms with Gasteiger partial charge in [0.15, 0.2) is 5.90 Å². The van der Waals surface area contributed by atoms with Crippen LogP contribution in [0.15, 0.2) is 0 Å². The molecule has 1 aliphatic rings. The SMILES string of the molecule is CCC1OC1CC#CCCCCCCCC#CCCCC(=N)OC. The molecule has 0 amide bonds. The highest BCUT2D eigenvalue weighted by Gasteiger charge is 2.35. The summed E-state index contributed by atoms with van der Waals surface area (Å²) in [5.74, 6) is 13.3. The minimum absolute atomic E-state index is 0.354. The molecule has 0 aromatic heterocycles. The van der Waals surface area contributed by atoms with Crippen molar-refractivity contribution in [1.82, 2.24) is 0 Å². The number of methoxy groups -OCH3 is 1. The van der Waals surface area contributed by atoms with E-state index in [-0.39, 0.29) is 0 Å². The molecule has 3 heteroatoms. The molecule has 24 heavy (non-hydrogen) atoms. The van der Waals surface area contributed by atoms with Crippen LogP contribution >= 0.6 is 0 Å². The molecule has 0 spiro atoms. The Hall–Kier alpha value is -1.45. The molecule has 0 radical (unpaired) electrons. The van der Waals surface area contributed by atoms with Gasteiger partial charge in [-0.15, -0.1) is 23.7 Å². The molecular formula is C21H33NO2. The Labute approximate surface area is 148 Å². The Bertz CT molecular complexity index is 464. The molecule has 1 rings (SSSR count). The number of hydrogen-bond acceptors (Lipinski definition) is 3. The smallest absolute Gasteiger partial charge is 0.180 e. The van der Waals surface area contributed by atoms with Crippen LogP contribution in [0.5, 0.6) is 0 Å². The van der Waals surface area contributed by atoms with Gasteiger partial charge in [0, 0.05) is 32.1 Å². The van der Waals surface area contributed by atoms with Gasteiger partial charge in [0.25, 0.3) is 0 Å². The summed E-state index contributed by atoms with van der Waals surface area (Å²) in [5, 5.41) is 7.35. The van der Waals surface area contributed by atoms with Crippen molar-refractivity contribution in [2.75, 3.05) is 7.11 Å². The van der Waals surface area contributed by atoms with Gasteiger partial charge >= 0.3 is 0 Å². The van der Waals surface area contributed by atoms with Gasteiger partial charge < -0.3 is 9.47 Å². The second-order valence-electron chi connectivity index (χ2n) is 6.28. The van der Waals surface area contributed by atoms with Crippen LogP contribution in [0.25, 0.3) is 0 Å². The van der Waals surface area contributed by atoms with Crippen LogP contribution in [0.3, 0.4) is 0 Å². The van der Waals surface area contributed by atoms with E-state index >= 15 is 0 Å². The number of rotatable bonds is 11. The van der Waals surface area contributed by atoms with E-state index in [1.54, 1.807) is 7.11 Å². The number of hydrogen-bond donors (Lipinski definition) is 1. The van der Waals surface area contributed by atoms with Gasteiger partial charge in [-0.05, 0) is 25.7 Å². The minimum Gasteiger partial charge on any atom is -0.484 e. The lowest BCUT2D eigenvalue weighted by atomic mass is 10.1. The lowest BCUT2D eigenvalue weighted by molar-refractivity contribution is 0.369. The third-order valence-corrected chi connectivity index (χ3v) is 4.20. The van der Waals surface area contributed by atoms with Crippen LogP contribution in [0, 0.1) is 29.1 Å². The summed E-state index contributed by atoms with van der Waals surface area (Å²) in [6, 6.07) is 0. The highest BCUT2D eigenvalue weighted by molar-refractivity contribution is 5.72. The van der Waals surface area contributed by atoms with E-state index in [4.69, 9.17) is 14.9 Å². The van der Waals surface area contributed by atoms with E-state index in [1.165, 1.54) is 32.1 Å². The maximum atomic E-state index is 7.35. The Morgan fingerprint density at radius 1 is 0.875 bits per heavy atom. The van der Waals surface area contributed by atoms with Crippen molar-refractivity contribution in [3.63, 3.8) is 0 Å². The third-order valence-electron chi connectivity index (χ3n) is 4.20. The van der Waals surface area contributed by atoms with E-state index in [0.717, 1.165) is 38.5 Å². The lowest BCUT2D eigenvalue weighted by Gasteiger charge is -1.98. The predicted molar refractivity (Wildman–Crippen MR) is 100 cm³/mol. The molecule has 1 saturated heterocycles. The molecule has 2 atom stereocenters. The van der Waals surface area contributed by atoms with Crippen LogP contribution in [-0.2, 0) is 9.47 Å². The van der Waals surface area contributed by atoms with Crippen LogP contribution in [-0.4, -0.2) is 25.2 Å². The van der Waals surface area contributed by atoms with Crippen molar-refractivity contribution < 1.29 is 9.47 Å². The first-order chi connectivity index (χ1) is 11.8. The third kappa shape index (κ3) is 11.1. The summed E-state index contributed by atoms with van der Waals surface area (Å²) in [5.41, 5.74) is 0. The van der Waals surface area contributed by atoms with Gasteiger partial charge in [-0.1, -0.05) is 26.2 Å². The number of unbranched alkanes of at least 4 members (excludes halogenated alkanes) is 7. The molecular weight excluding hydrogens is 298 g/mol. The zero-order valence-corrected chi connectivity index (χ0v) is 15.5. The monoisotopic (exact) mass is 331 g/mol. The minimum atomic E-state index is 0.354. The van der Waals surface area contributed by atoms with Gasteiger partial charge in [0.1, 0.15) is 0 Å². The summed E-state index contributed by atoms with van der Waals surface area (Å²) >= 11 is 0. The van der Waals surface area contributed by atoms with Crippen molar-refractivity contribution in [1.29, 1.82) is 5.41 Å². The fourth-order valence-electron chi connectivity index (χ4n) is 2.55. The van der Waals surface area contributed by atoms with Crippen molar-refractivity contribution in [2.24, 2.45) is 0 Å². The van der Waals surface area contributed by atoms with E-state index < -0.39 is 0 Å². The van der Waals surface area contributed by atoms with E-state index in [0.29, 0.717) is 24.5 Å². The summed E-state index contributed by atoms with van der Waals surface area (Å²) in [7, 11) is 1.55. The molecule has 1 fully saturated rings. The molecule has 0 bridgehead atoms. The van der Waals surface area contributed by atoms with Gasteiger partial charge in [-0.2, -0.15) is 0 Å². The molecule has 0 aliphatic carbocycles. The van der Waals surface area contributed by atoms with Gasteiger partial charge in [-0.25, -0.2) is 0 Å². The van der Waals surface area contributed by atoms with E-state index in [2.05, 4.69) is 30.6 Å². The van der Waals surface area contributed by atoms with Crippen LogP contribution < -0.4 is 0 Å². The van der Waals surface area contributed by atoms with E-state index in [1.807, 2.05) is 0 Å². The predicted octanol–water partition coefficient (Wildman–Crippen LogP) is 5.09. The topological polar surface area (TPSA) is 45.6 Å². The molecule has 3 nitrogen and oxygen atoms in total. The first-order valence-corrected chi connectivity index (χ1v) is 9.46. The summed E-state index contributed by atoms with van der Waals surface area (Å²) < 4.78 is 10.3. The second-order valence-corrected chi connectivity index (χ2v) is 6.28. The number of nitrogens with one attached hydrogen (secondary N) is 1. The summed E-state index contributed by atoms with van der Waals surface area (Å²) in [6.45, 7) is 2.17. The lowest BCUT2D eigenvalue weighted by Crippen LogP contribution is -1.97. The van der Waals surface area contributed by atoms with Gasteiger partial charge in [-0.3, -0.25) is 5.41 Å². The van der Waals surface area contributed by atoms with E-state index in [9.17, 15) is 0 Å². The molecule has 1 N–H and O–H groups in total. The highest BCUT2D eigenvalue weighted by Crippen LogP contribution is 2.27. The molecule has 134 valence electrons. The molecule has 0 saturated carbocycles. The fourth-order valence-corrected chi connectivity index (χ4v) is 2.55. The average molecular weight is 332 g/mol. The van der Waals surface area contributed by atoms with Crippen molar-refractivity contribution in [3.8, 4) is 23.7 Å². The first-order valence-electron chi connectivity index (χ1n) is 9.46. The van der Waals surface area contributed by atoms with Crippen molar-refractivity contribution in [3.05, 3.63) is 0 Å². The molecule has 0 aromatic carbocycles. The second kappa shape index (κ2) is 13.9. The Balaban J connectivity index is 1.79. The maximum absolute atomic E-state index is 7.35. The molecule has 1 heterocycles. The summed E-state index contributed by atoms with van der Waals surface area (Å²) in [4.78, 5) is 0. The Morgan fingerprint density at radius 3 is 2.04 bits per heavy atom. The molecule has 0 aromatic rings. The van der Waals surface area contributed by atoms with Crippen LogP contribution in [0.4, 0.5) is 0 Å². The summed E-state index contributed by atoms with van der Waals surface area (Å²) in [6.07, 6.45) is 13.7. The zero-order valence-electron chi connectivity index (χ0n) is 15.5. The average Bonchev–Trinajstić information content (AvgIpc) is 3.36. The van der Waals surface area contributed by atoms with Crippen LogP contribution in [0.1, 0.15) is 84.0 Å². The number of ether oxygens (including phenoxy) is 2.